The van der Waals surface area contributed by atoms with Gasteiger partial charge in [-0.2, -0.15) is 5.10 Å². The molecule has 1 aliphatic rings. The molecule has 0 atom stereocenters. The van der Waals surface area contributed by atoms with Gasteiger partial charge in [0, 0.05) is 19.2 Å². The number of hydrazine groups is 1. The van der Waals surface area contributed by atoms with Crippen molar-refractivity contribution in [3.05, 3.63) is 48.3 Å². The SMILES string of the molecule is O=C(CN1CCCCCC1=O)NNC(=O)c1cnn(-c2ccccc2)c1. The summed E-state index contributed by atoms with van der Waals surface area (Å²) in [5.74, 6) is -0.917. The molecule has 1 aromatic heterocycles. The first-order chi connectivity index (χ1) is 12.6. The van der Waals surface area contributed by atoms with Crippen molar-refractivity contribution in [2.45, 2.75) is 25.7 Å². The second kappa shape index (κ2) is 8.28. The van der Waals surface area contributed by atoms with Gasteiger partial charge in [0.1, 0.15) is 6.54 Å². The summed E-state index contributed by atoms with van der Waals surface area (Å²) in [6.07, 6.45) is 6.22. The first kappa shape index (κ1) is 17.7. The first-order valence-corrected chi connectivity index (χ1v) is 8.60. The Hall–Kier alpha value is -3.16. The third kappa shape index (κ3) is 4.47. The Morgan fingerprint density at radius 2 is 1.88 bits per heavy atom. The smallest absolute Gasteiger partial charge is 0.272 e. The highest BCUT2D eigenvalue weighted by molar-refractivity contribution is 5.95. The lowest BCUT2D eigenvalue weighted by atomic mass is 10.2. The topological polar surface area (TPSA) is 96.3 Å². The Labute approximate surface area is 151 Å². The average Bonchev–Trinajstić information content (AvgIpc) is 3.07. The van der Waals surface area contributed by atoms with Crippen molar-refractivity contribution in [1.29, 1.82) is 0 Å². The molecule has 3 rings (SSSR count). The molecule has 3 amide bonds. The second-order valence-electron chi connectivity index (χ2n) is 6.14. The van der Waals surface area contributed by atoms with Crippen LogP contribution in [-0.4, -0.2) is 45.5 Å². The minimum Gasteiger partial charge on any atom is -0.333 e. The molecule has 26 heavy (non-hydrogen) atoms. The van der Waals surface area contributed by atoms with E-state index in [1.807, 2.05) is 30.3 Å². The number of carbonyl (C=O) groups is 3. The number of likely N-dealkylation sites (tertiary alicyclic amines) is 1. The minimum absolute atomic E-state index is 0.0203. The van der Waals surface area contributed by atoms with Gasteiger partial charge in [0.2, 0.25) is 5.91 Å². The van der Waals surface area contributed by atoms with Crippen molar-refractivity contribution in [2.24, 2.45) is 0 Å². The van der Waals surface area contributed by atoms with Gasteiger partial charge in [-0.3, -0.25) is 25.2 Å². The van der Waals surface area contributed by atoms with Crippen LogP contribution < -0.4 is 10.9 Å². The van der Waals surface area contributed by atoms with Crippen molar-refractivity contribution < 1.29 is 14.4 Å². The summed E-state index contributed by atoms with van der Waals surface area (Å²) in [5.41, 5.74) is 5.85. The zero-order valence-corrected chi connectivity index (χ0v) is 14.4. The highest BCUT2D eigenvalue weighted by atomic mass is 16.2. The standard InChI is InChI=1S/C18H21N5O3/c24-16(13-22-10-6-2-5-9-17(22)25)20-21-18(26)14-11-19-23(12-14)15-7-3-1-4-8-15/h1,3-4,7-8,11-12H,2,5-6,9-10,13H2,(H,20,24)(H,21,26). The fraction of sp³-hybridized carbons (Fsp3) is 0.333. The molecular weight excluding hydrogens is 334 g/mol. The van der Waals surface area contributed by atoms with Crippen LogP contribution in [0, 0.1) is 0 Å². The molecule has 8 nitrogen and oxygen atoms in total. The largest absolute Gasteiger partial charge is 0.333 e. The summed E-state index contributed by atoms with van der Waals surface area (Å²) in [4.78, 5) is 37.6. The molecule has 0 aliphatic carbocycles. The fourth-order valence-corrected chi connectivity index (χ4v) is 2.78. The number of rotatable bonds is 4. The Morgan fingerprint density at radius 1 is 1.08 bits per heavy atom. The van der Waals surface area contributed by atoms with Crippen LogP contribution in [0.3, 0.4) is 0 Å². The van der Waals surface area contributed by atoms with Crippen molar-refractivity contribution in [2.75, 3.05) is 13.1 Å². The lowest BCUT2D eigenvalue weighted by molar-refractivity contribution is -0.135. The van der Waals surface area contributed by atoms with Gasteiger partial charge in [0.15, 0.2) is 0 Å². The lowest BCUT2D eigenvalue weighted by Crippen LogP contribution is -2.47. The molecular formula is C18H21N5O3. The molecule has 2 heterocycles. The van der Waals surface area contributed by atoms with Gasteiger partial charge in [-0.1, -0.05) is 24.6 Å². The van der Waals surface area contributed by atoms with Crippen molar-refractivity contribution in [1.82, 2.24) is 25.5 Å². The Kier molecular flexibility index (Phi) is 5.62. The Bertz CT molecular complexity index is 787. The van der Waals surface area contributed by atoms with Gasteiger partial charge in [-0.25, -0.2) is 4.68 Å². The molecule has 136 valence electrons. The molecule has 2 aromatic rings. The highest BCUT2D eigenvalue weighted by Crippen LogP contribution is 2.10. The number of nitrogens with one attached hydrogen (secondary N) is 2. The number of benzene rings is 1. The molecule has 8 heteroatoms. The van der Waals surface area contributed by atoms with Crippen molar-refractivity contribution in [3.8, 4) is 5.69 Å². The second-order valence-corrected chi connectivity index (χ2v) is 6.14. The van der Waals surface area contributed by atoms with Crippen LogP contribution in [0.5, 0.6) is 0 Å². The monoisotopic (exact) mass is 355 g/mol. The number of hydrogen-bond acceptors (Lipinski definition) is 4. The number of nitrogens with zero attached hydrogens (tertiary/aromatic N) is 3. The van der Waals surface area contributed by atoms with Gasteiger partial charge in [0.05, 0.1) is 17.4 Å². The zero-order chi connectivity index (χ0) is 18.4. The maximum absolute atomic E-state index is 12.1. The van der Waals surface area contributed by atoms with Gasteiger partial charge < -0.3 is 4.90 Å². The molecule has 0 radical (unpaired) electrons. The van der Waals surface area contributed by atoms with E-state index in [1.165, 1.54) is 11.1 Å². The normalized spacial score (nSPS) is 14.6. The maximum Gasteiger partial charge on any atom is 0.272 e. The molecule has 0 saturated carbocycles. The van der Waals surface area contributed by atoms with E-state index in [2.05, 4.69) is 16.0 Å². The van der Waals surface area contributed by atoms with Crippen LogP contribution in [0.2, 0.25) is 0 Å². The summed E-state index contributed by atoms with van der Waals surface area (Å²) < 4.78 is 1.58. The lowest BCUT2D eigenvalue weighted by Gasteiger charge is -2.19. The van der Waals surface area contributed by atoms with E-state index in [-0.39, 0.29) is 12.5 Å². The van der Waals surface area contributed by atoms with E-state index >= 15 is 0 Å². The average molecular weight is 355 g/mol. The molecule has 0 spiro atoms. The molecule has 1 fully saturated rings. The van der Waals surface area contributed by atoms with Crippen molar-refractivity contribution >= 4 is 17.7 Å². The Morgan fingerprint density at radius 3 is 2.69 bits per heavy atom. The molecule has 1 aliphatic heterocycles. The first-order valence-electron chi connectivity index (χ1n) is 8.60. The third-order valence-electron chi connectivity index (χ3n) is 4.19. The number of amides is 3. The van der Waals surface area contributed by atoms with Gasteiger partial charge in [-0.15, -0.1) is 0 Å². The van der Waals surface area contributed by atoms with Crippen LogP contribution in [-0.2, 0) is 9.59 Å². The molecule has 1 aromatic carbocycles. The van der Waals surface area contributed by atoms with Gasteiger partial charge >= 0.3 is 0 Å². The Balaban J connectivity index is 1.51. The summed E-state index contributed by atoms with van der Waals surface area (Å²) in [6, 6.07) is 9.39. The van der Waals surface area contributed by atoms with Gasteiger partial charge in [0.25, 0.3) is 11.8 Å². The number of carbonyl (C=O) groups excluding carboxylic acids is 3. The maximum atomic E-state index is 12.1. The fourth-order valence-electron chi connectivity index (χ4n) is 2.78. The summed E-state index contributed by atoms with van der Waals surface area (Å²) >= 11 is 0. The summed E-state index contributed by atoms with van der Waals surface area (Å²) in [7, 11) is 0. The van der Waals surface area contributed by atoms with E-state index in [4.69, 9.17) is 0 Å². The van der Waals surface area contributed by atoms with Crippen LogP contribution in [0.15, 0.2) is 42.7 Å². The number of para-hydroxylation sites is 1. The van der Waals surface area contributed by atoms with Crippen LogP contribution in [0.1, 0.15) is 36.0 Å². The van der Waals surface area contributed by atoms with Gasteiger partial charge in [-0.05, 0) is 25.0 Å². The zero-order valence-electron chi connectivity index (χ0n) is 14.4. The van der Waals surface area contributed by atoms with Crippen LogP contribution in [0.25, 0.3) is 5.69 Å². The van der Waals surface area contributed by atoms with E-state index < -0.39 is 11.8 Å². The highest BCUT2D eigenvalue weighted by Gasteiger charge is 2.19. The molecule has 2 N–H and O–H groups in total. The predicted octanol–water partition coefficient (Wildman–Crippen LogP) is 1.04. The molecule has 0 unspecified atom stereocenters. The summed E-state index contributed by atoms with van der Waals surface area (Å²) in [6.45, 7) is 0.520. The third-order valence-corrected chi connectivity index (χ3v) is 4.19. The van der Waals surface area contributed by atoms with E-state index in [9.17, 15) is 14.4 Å². The van der Waals surface area contributed by atoms with E-state index in [0.29, 0.717) is 18.5 Å². The molecule has 0 bridgehead atoms. The van der Waals surface area contributed by atoms with Crippen LogP contribution in [0.4, 0.5) is 0 Å². The molecule has 1 saturated heterocycles. The number of hydrogen-bond donors (Lipinski definition) is 2. The van der Waals surface area contributed by atoms with Crippen LogP contribution >= 0.6 is 0 Å². The quantitative estimate of drug-likeness (QED) is 0.801. The summed E-state index contributed by atoms with van der Waals surface area (Å²) in [5, 5.41) is 4.14. The van der Waals surface area contributed by atoms with Crippen molar-refractivity contribution in [3.63, 3.8) is 0 Å². The van der Waals surface area contributed by atoms with E-state index in [0.717, 1.165) is 24.9 Å². The minimum atomic E-state index is -0.470. The van der Waals surface area contributed by atoms with E-state index in [1.54, 1.807) is 10.9 Å². The predicted molar refractivity (Wildman–Crippen MR) is 94.2 cm³/mol. The number of aromatic nitrogens is 2.